The molecule has 1 aromatic rings. The van der Waals surface area contributed by atoms with Crippen LogP contribution in [0.5, 0.6) is 0 Å². The summed E-state index contributed by atoms with van der Waals surface area (Å²) in [5.41, 5.74) is 6.50. The summed E-state index contributed by atoms with van der Waals surface area (Å²) in [6, 6.07) is 1.81. The van der Waals surface area contributed by atoms with E-state index in [0.29, 0.717) is 31.1 Å². The minimum Gasteiger partial charge on any atom is -0.383 e. The molecule has 0 atom stereocenters. The van der Waals surface area contributed by atoms with Crippen molar-refractivity contribution in [3.8, 4) is 0 Å². The number of hydrogen-bond acceptors (Lipinski definition) is 4. The van der Waals surface area contributed by atoms with Crippen molar-refractivity contribution < 1.29 is 13.2 Å². The lowest BCUT2D eigenvalue weighted by molar-refractivity contribution is 0.177. The van der Waals surface area contributed by atoms with Crippen LogP contribution in [0.25, 0.3) is 0 Å². The van der Waals surface area contributed by atoms with Gasteiger partial charge in [-0.05, 0) is 25.8 Å². The molecule has 0 bridgehead atoms. The van der Waals surface area contributed by atoms with Gasteiger partial charge in [0, 0.05) is 44.7 Å². The standard InChI is InChI=1S/C13H23N3O3S/c1-3-15-10-13(8-12(15)9-14)20(17,18)16(6-7-19-2)11-4-5-11/h8,10-11H,3-7,9,14H2,1-2H3. The van der Waals surface area contributed by atoms with E-state index in [-0.39, 0.29) is 6.04 Å². The van der Waals surface area contributed by atoms with E-state index in [0.717, 1.165) is 18.5 Å². The molecule has 0 saturated heterocycles. The largest absolute Gasteiger partial charge is 0.383 e. The zero-order valence-electron chi connectivity index (χ0n) is 12.1. The lowest BCUT2D eigenvalue weighted by atomic mass is 10.4. The van der Waals surface area contributed by atoms with Crippen molar-refractivity contribution in [3.05, 3.63) is 18.0 Å². The first-order valence-electron chi connectivity index (χ1n) is 6.94. The number of aryl methyl sites for hydroxylation is 1. The summed E-state index contributed by atoms with van der Waals surface area (Å²) in [4.78, 5) is 0.336. The molecular weight excluding hydrogens is 278 g/mol. The summed E-state index contributed by atoms with van der Waals surface area (Å²) < 4.78 is 33.9. The Morgan fingerprint density at radius 3 is 2.65 bits per heavy atom. The number of sulfonamides is 1. The second kappa shape index (κ2) is 6.26. The molecule has 1 heterocycles. The molecule has 1 saturated carbocycles. The lowest BCUT2D eigenvalue weighted by Gasteiger charge is -2.20. The van der Waals surface area contributed by atoms with Crippen LogP contribution in [0.15, 0.2) is 17.2 Å². The van der Waals surface area contributed by atoms with Gasteiger partial charge in [-0.25, -0.2) is 8.42 Å². The maximum absolute atomic E-state index is 12.7. The molecular formula is C13H23N3O3S. The Morgan fingerprint density at radius 1 is 1.50 bits per heavy atom. The predicted molar refractivity (Wildman–Crippen MR) is 76.8 cm³/mol. The fraction of sp³-hybridized carbons (Fsp3) is 0.692. The Morgan fingerprint density at radius 2 is 2.20 bits per heavy atom. The average molecular weight is 301 g/mol. The fourth-order valence-corrected chi connectivity index (χ4v) is 4.05. The molecule has 1 fully saturated rings. The van der Waals surface area contributed by atoms with Gasteiger partial charge in [0.2, 0.25) is 10.0 Å². The molecule has 1 aliphatic rings. The zero-order valence-corrected chi connectivity index (χ0v) is 12.9. The number of aromatic nitrogens is 1. The Hall–Kier alpha value is -0.890. The van der Waals surface area contributed by atoms with Gasteiger partial charge in [-0.1, -0.05) is 0 Å². The number of nitrogens with zero attached hydrogens (tertiary/aromatic N) is 2. The van der Waals surface area contributed by atoms with Gasteiger partial charge >= 0.3 is 0 Å². The monoisotopic (exact) mass is 301 g/mol. The molecule has 20 heavy (non-hydrogen) atoms. The first-order valence-corrected chi connectivity index (χ1v) is 8.38. The van der Waals surface area contributed by atoms with Gasteiger partial charge in [-0.3, -0.25) is 0 Å². The van der Waals surface area contributed by atoms with Crippen LogP contribution in [0, 0.1) is 0 Å². The number of hydrogen-bond donors (Lipinski definition) is 1. The highest BCUT2D eigenvalue weighted by molar-refractivity contribution is 7.89. The van der Waals surface area contributed by atoms with E-state index in [4.69, 9.17) is 10.5 Å². The maximum atomic E-state index is 12.7. The first-order chi connectivity index (χ1) is 9.54. The summed E-state index contributed by atoms with van der Waals surface area (Å²) in [5.74, 6) is 0. The summed E-state index contributed by atoms with van der Waals surface area (Å²) in [6.45, 7) is 3.83. The highest BCUT2D eigenvalue weighted by Gasteiger charge is 2.38. The molecule has 2 rings (SSSR count). The smallest absolute Gasteiger partial charge is 0.244 e. The Balaban J connectivity index is 2.29. The molecule has 1 aromatic heterocycles. The van der Waals surface area contributed by atoms with Crippen molar-refractivity contribution in [2.75, 3.05) is 20.3 Å². The molecule has 114 valence electrons. The summed E-state index contributed by atoms with van der Waals surface area (Å²) in [5, 5.41) is 0. The molecule has 0 radical (unpaired) electrons. The van der Waals surface area contributed by atoms with Gasteiger partial charge < -0.3 is 15.0 Å². The first kappa shape index (κ1) is 15.5. The van der Waals surface area contributed by atoms with Crippen molar-refractivity contribution in [2.45, 2.75) is 43.8 Å². The zero-order chi connectivity index (χ0) is 14.8. The molecule has 6 nitrogen and oxygen atoms in total. The number of ether oxygens (including phenoxy) is 1. The van der Waals surface area contributed by atoms with Gasteiger partial charge in [0.05, 0.1) is 6.61 Å². The Bertz CT molecular complexity index is 528. The van der Waals surface area contributed by atoms with Crippen LogP contribution < -0.4 is 5.73 Å². The van der Waals surface area contributed by atoms with Crippen LogP contribution in [0.3, 0.4) is 0 Å². The average Bonchev–Trinajstić information content (AvgIpc) is 3.16. The molecule has 0 amide bonds. The third-order valence-electron chi connectivity index (χ3n) is 3.59. The Kier molecular flexibility index (Phi) is 4.85. The van der Waals surface area contributed by atoms with E-state index in [9.17, 15) is 8.42 Å². The summed E-state index contributed by atoms with van der Waals surface area (Å²) in [7, 11) is -1.87. The normalized spacial score (nSPS) is 16.0. The van der Waals surface area contributed by atoms with Crippen LogP contribution in [-0.4, -0.2) is 43.6 Å². The summed E-state index contributed by atoms with van der Waals surface area (Å²) >= 11 is 0. The van der Waals surface area contributed by atoms with Gasteiger partial charge in [0.25, 0.3) is 0 Å². The SMILES string of the molecule is CCn1cc(S(=O)(=O)N(CCOC)C2CC2)cc1CN. The van der Waals surface area contributed by atoms with Crippen molar-refractivity contribution in [1.82, 2.24) is 8.87 Å². The van der Waals surface area contributed by atoms with Crippen LogP contribution in [0.2, 0.25) is 0 Å². The van der Waals surface area contributed by atoms with Crippen molar-refractivity contribution in [3.63, 3.8) is 0 Å². The fourth-order valence-electron chi connectivity index (χ4n) is 2.31. The van der Waals surface area contributed by atoms with Gasteiger partial charge in [0.1, 0.15) is 4.90 Å². The number of nitrogens with two attached hydrogens (primary N) is 1. The molecule has 0 aliphatic heterocycles. The van der Waals surface area contributed by atoms with Crippen molar-refractivity contribution in [1.29, 1.82) is 0 Å². The van der Waals surface area contributed by atoms with Gasteiger partial charge in [-0.15, -0.1) is 0 Å². The van der Waals surface area contributed by atoms with E-state index in [1.807, 2.05) is 11.5 Å². The summed E-state index contributed by atoms with van der Waals surface area (Å²) in [6.07, 6.45) is 3.54. The second-order valence-electron chi connectivity index (χ2n) is 5.00. The van der Waals surface area contributed by atoms with Crippen LogP contribution in [-0.2, 0) is 27.8 Å². The quantitative estimate of drug-likeness (QED) is 0.769. The highest BCUT2D eigenvalue weighted by atomic mass is 32.2. The predicted octanol–water partition coefficient (Wildman–Crippen LogP) is 0.766. The molecule has 0 unspecified atom stereocenters. The van der Waals surface area contributed by atoms with Crippen LogP contribution >= 0.6 is 0 Å². The van der Waals surface area contributed by atoms with E-state index < -0.39 is 10.0 Å². The van der Waals surface area contributed by atoms with Crippen molar-refractivity contribution >= 4 is 10.0 Å². The molecule has 0 spiro atoms. The third kappa shape index (κ3) is 3.06. The minimum absolute atomic E-state index is 0.126. The molecule has 2 N–H and O–H groups in total. The molecule has 0 aromatic carbocycles. The minimum atomic E-state index is -3.45. The lowest BCUT2D eigenvalue weighted by Crippen LogP contribution is -2.35. The van der Waals surface area contributed by atoms with Crippen LogP contribution in [0.1, 0.15) is 25.5 Å². The Labute approximate surface area is 120 Å². The topological polar surface area (TPSA) is 77.6 Å². The van der Waals surface area contributed by atoms with E-state index in [1.165, 1.54) is 0 Å². The maximum Gasteiger partial charge on any atom is 0.244 e. The number of methoxy groups -OCH3 is 1. The second-order valence-corrected chi connectivity index (χ2v) is 6.89. The van der Waals surface area contributed by atoms with E-state index >= 15 is 0 Å². The van der Waals surface area contributed by atoms with Gasteiger partial charge in [0.15, 0.2) is 0 Å². The molecule has 7 heteroatoms. The number of rotatable bonds is 8. The van der Waals surface area contributed by atoms with Crippen LogP contribution in [0.4, 0.5) is 0 Å². The van der Waals surface area contributed by atoms with E-state index in [1.54, 1.807) is 23.7 Å². The van der Waals surface area contributed by atoms with Gasteiger partial charge in [-0.2, -0.15) is 4.31 Å². The van der Waals surface area contributed by atoms with Crippen molar-refractivity contribution in [2.24, 2.45) is 5.73 Å². The molecule has 1 aliphatic carbocycles. The third-order valence-corrected chi connectivity index (χ3v) is 5.50. The highest BCUT2D eigenvalue weighted by Crippen LogP contribution is 2.32. The van der Waals surface area contributed by atoms with E-state index in [2.05, 4.69) is 0 Å².